The molecule has 27 heavy (non-hydrogen) atoms. The maximum Gasteiger partial charge on any atom is 0.261 e. The van der Waals surface area contributed by atoms with E-state index in [9.17, 15) is 9.59 Å². The molecule has 2 aromatic carbocycles. The van der Waals surface area contributed by atoms with Crippen LogP contribution >= 0.6 is 11.3 Å². The van der Waals surface area contributed by atoms with Crippen LogP contribution in [0.15, 0.2) is 72.1 Å². The lowest BCUT2D eigenvalue weighted by atomic mass is 10.2. The van der Waals surface area contributed by atoms with Crippen molar-refractivity contribution in [3.05, 3.63) is 77.0 Å². The summed E-state index contributed by atoms with van der Waals surface area (Å²) in [6.07, 6.45) is 0.870. The average molecular weight is 380 g/mol. The summed E-state index contributed by atoms with van der Waals surface area (Å²) in [7, 11) is 0. The molecule has 0 saturated carbocycles. The molecule has 1 heterocycles. The van der Waals surface area contributed by atoms with Gasteiger partial charge < -0.3 is 15.4 Å². The lowest BCUT2D eigenvalue weighted by Gasteiger charge is -2.12. The van der Waals surface area contributed by atoms with Crippen LogP contribution in [0.5, 0.6) is 11.5 Å². The largest absolute Gasteiger partial charge is 0.455 e. The molecular weight excluding hydrogens is 360 g/mol. The minimum Gasteiger partial charge on any atom is -0.455 e. The maximum atomic E-state index is 12.2. The highest BCUT2D eigenvalue weighted by Crippen LogP contribution is 2.29. The smallest absolute Gasteiger partial charge is 0.261 e. The quantitative estimate of drug-likeness (QED) is 0.557. The number of benzene rings is 2. The molecule has 3 aromatic rings. The monoisotopic (exact) mass is 380 g/mol. The third kappa shape index (κ3) is 5.69. The number of rotatable bonds is 8. The first kappa shape index (κ1) is 18.7. The Hall–Kier alpha value is -3.12. The van der Waals surface area contributed by atoms with Gasteiger partial charge >= 0.3 is 0 Å². The zero-order valence-electron chi connectivity index (χ0n) is 14.7. The molecule has 0 atom stereocenters. The van der Waals surface area contributed by atoms with Crippen molar-refractivity contribution in [2.45, 2.75) is 12.8 Å². The third-order valence-electron chi connectivity index (χ3n) is 3.74. The summed E-state index contributed by atoms with van der Waals surface area (Å²) in [5.74, 6) is 1.06. The molecule has 0 unspecified atom stereocenters. The van der Waals surface area contributed by atoms with E-state index in [0.717, 1.165) is 0 Å². The van der Waals surface area contributed by atoms with Crippen molar-refractivity contribution in [3.8, 4) is 11.5 Å². The number of amides is 2. The summed E-state index contributed by atoms with van der Waals surface area (Å²) < 4.78 is 5.84. The Kier molecular flexibility index (Phi) is 6.60. The van der Waals surface area contributed by atoms with Gasteiger partial charge in [-0.15, -0.1) is 11.3 Å². The molecule has 0 spiro atoms. The molecule has 2 amide bonds. The predicted molar refractivity (Wildman–Crippen MR) is 107 cm³/mol. The van der Waals surface area contributed by atoms with E-state index >= 15 is 0 Å². The molecule has 0 aliphatic rings. The van der Waals surface area contributed by atoms with E-state index in [1.54, 1.807) is 12.1 Å². The highest BCUT2D eigenvalue weighted by Gasteiger charge is 2.09. The van der Waals surface area contributed by atoms with Gasteiger partial charge in [0.15, 0.2) is 5.75 Å². The summed E-state index contributed by atoms with van der Waals surface area (Å²) in [5, 5.41) is 7.55. The molecule has 0 radical (unpaired) electrons. The minimum absolute atomic E-state index is 0.105. The Morgan fingerprint density at radius 2 is 1.70 bits per heavy atom. The number of ether oxygens (including phenoxy) is 1. The zero-order valence-corrected chi connectivity index (χ0v) is 15.5. The van der Waals surface area contributed by atoms with Crippen LogP contribution in [0.1, 0.15) is 22.5 Å². The number of carbonyl (C=O) groups is 2. The van der Waals surface area contributed by atoms with E-state index in [-0.39, 0.29) is 11.8 Å². The molecule has 3 rings (SSSR count). The summed E-state index contributed by atoms with van der Waals surface area (Å²) in [5.41, 5.74) is 0.619. The topological polar surface area (TPSA) is 67.4 Å². The number of thiophene rings is 1. The van der Waals surface area contributed by atoms with Gasteiger partial charge in [-0.3, -0.25) is 9.59 Å². The highest BCUT2D eigenvalue weighted by molar-refractivity contribution is 7.12. The molecule has 2 N–H and O–H groups in total. The Morgan fingerprint density at radius 1 is 0.926 bits per heavy atom. The van der Waals surface area contributed by atoms with Crippen molar-refractivity contribution in [2.24, 2.45) is 0 Å². The van der Waals surface area contributed by atoms with Gasteiger partial charge in [-0.05, 0) is 42.1 Å². The summed E-state index contributed by atoms with van der Waals surface area (Å²) in [6, 6.07) is 20.3. The van der Waals surface area contributed by atoms with Crippen LogP contribution in [0.25, 0.3) is 0 Å². The molecule has 138 valence electrons. The predicted octanol–water partition coefficient (Wildman–Crippen LogP) is 4.69. The van der Waals surface area contributed by atoms with Crippen LogP contribution in [-0.4, -0.2) is 18.4 Å². The third-order valence-corrected chi connectivity index (χ3v) is 4.61. The van der Waals surface area contributed by atoms with E-state index in [0.29, 0.717) is 41.4 Å². The molecule has 0 fully saturated rings. The van der Waals surface area contributed by atoms with E-state index in [2.05, 4.69) is 10.6 Å². The van der Waals surface area contributed by atoms with Crippen molar-refractivity contribution in [3.63, 3.8) is 0 Å². The fraction of sp³-hybridized carbons (Fsp3) is 0.143. The fourth-order valence-electron chi connectivity index (χ4n) is 2.43. The van der Waals surface area contributed by atoms with E-state index in [4.69, 9.17) is 4.74 Å². The first-order valence-corrected chi connectivity index (χ1v) is 9.54. The van der Waals surface area contributed by atoms with Crippen LogP contribution in [0, 0.1) is 0 Å². The van der Waals surface area contributed by atoms with Gasteiger partial charge in [0.05, 0.1) is 10.6 Å². The van der Waals surface area contributed by atoms with Crippen molar-refractivity contribution in [1.82, 2.24) is 5.32 Å². The lowest BCUT2D eigenvalue weighted by molar-refractivity contribution is -0.116. The van der Waals surface area contributed by atoms with Gasteiger partial charge in [0.2, 0.25) is 5.91 Å². The fourth-order valence-corrected chi connectivity index (χ4v) is 3.07. The van der Waals surface area contributed by atoms with Crippen LogP contribution in [0.3, 0.4) is 0 Å². The van der Waals surface area contributed by atoms with Gasteiger partial charge in [0.1, 0.15) is 5.75 Å². The molecule has 5 nitrogen and oxygen atoms in total. The normalized spacial score (nSPS) is 10.2. The van der Waals surface area contributed by atoms with Gasteiger partial charge in [0, 0.05) is 13.0 Å². The van der Waals surface area contributed by atoms with E-state index < -0.39 is 0 Å². The SMILES string of the molecule is O=C(CCCNC(=O)c1cccs1)Nc1ccccc1Oc1ccccc1. The van der Waals surface area contributed by atoms with Crippen LogP contribution in [0.4, 0.5) is 5.69 Å². The van der Waals surface area contributed by atoms with E-state index in [1.165, 1.54) is 11.3 Å². The van der Waals surface area contributed by atoms with Crippen molar-refractivity contribution in [1.29, 1.82) is 0 Å². The Labute approximate surface area is 162 Å². The van der Waals surface area contributed by atoms with Gasteiger partial charge in [-0.2, -0.15) is 0 Å². The zero-order chi connectivity index (χ0) is 18.9. The van der Waals surface area contributed by atoms with Crippen molar-refractivity contribution < 1.29 is 14.3 Å². The molecule has 0 aliphatic carbocycles. The van der Waals surface area contributed by atoms with Gasteiger partial charge in [-0.25, -0.2) is 0 Å². The second kappa shape index (κ2) is 9.54. The maximum absolute atomic E-state index is 12.2. The Balaban J connectivity index is 1.47. The molecule has 0 aliphatic heterocycles. The second-order valence-electron chi connectivity index (χ2n) is 5.80. The summed E-state index contributed by atoms with van der Waals surface area (Å²) in [4.78, 5) is 24.7. The second-order valence-corrected chi connectivity index (χ2v) is 6.74. The first-order valence-electron chi connectivity index (χ1n) is 8.66. The van der Waals surface area contributed by atoms with Crippen LogP contribution in [0.2, 0.25) is 0 Å². The number of para-hydroxylation sites is 3. The number of nitrogens with one attached hydrogen (secondary N) is 2. The van der Waals surface area contributed by atoms with Crippen LogP contribution < -0.4 is 15.4 Å². The summed E-state index contributed by atoms with van der Waals surface area (Å²) in [6.45, 7) is 0.451. The lowest BCUT2D eigenvalue weighted by Crippen LogP contribution is -2.24. The molecule has 1 aromatic heterocycles. The van der Waals surface area contributed by atoms with Gasteiger partial charge in [-0.1, -0.05) is 36.4 Å². The average Bonchev–Trinajstić information content (AvgIpc) is 3.22. The molecule has 0 saturated heterocycles. The number of hydrogen-bond acceptors (Lipinski definition) is 4. The van der Waals surface area contributed by atoms with E-state index in [1.807, 2.05) is 60.0 Å². The number of anilines is 1. The summed E-state index contributed by atoms with van der Waals surface area (Å²) >= 11 is 1.39. The standard InChI is InChI=1S/C21H20N2O3S/c24-20(13-6-14-22-21(25)19-12-7-15-27-19)23-17-10-4-5-11-18(17)26-16-8-2-1-3-9-16/h1-5,7-12,15H,6,13-14H2,(H,22,25)(H,23,24). The number of hydrogen-bond donors (Lipinski definition) is 2. The van der Waals surface area contributed by atoms with Crippen LogP contribution in [-0.2, 0) is 4.79 Å². The number of carbonyl (C=O) groups excluding carboxylic acids is 2. The Morgan fingerprint density at radius 3 is 2.48 bits per heavy atom. The molecule has 0 bridgehead atoms. The minimum atomic E-state index is -0.121. The molecule has 6 heteroatoms. The van der Waals surface area contributed by atoms with Crippen molar-refractivity contribution in [2.75, 3.05) is 11.9 Å². The first-order chi connectivity index (χ1) is 13.2. The highest BCUT2D eigenvalue weighted by atomic mass is 32.1. The Bertz CT molecular complexity index is 879. The van der Waals surface area contributed by atoms with Crippen molar-refractivity contribution >= 4 is 28.8 Å². The van der Waals surface area contributed by atoms with Gasteiger partial charge in [0.25, 0.3) is 5.91 Å². The molecular formula is C21H20N2O3S.